The van der Waals surface area contributed by atoms with E-state index in [1.165, 1.54) is 7.11 Å². The van der Waals surface area contributed by atoms with Gasteiger partial charge in [-0.25, -0.2) is 14.8 Å². The Labute approximate surface area is 336 Å². The molecule has 0 spiro atoms. The Balaban J connectivity index is 0.925. The third-order valence-corrected chi connectivity index (χ3v) is 11.5. The van der Waals surface area contributed by atoms with Crippen molar-refractivity contribution in [1.82, 2.24) is 35.1 Å². The van der Waals surface area contributed by atoms with Crippen molar-refractivity contribution >= 4 is 29.5 Å². The van der Waals surface area contributed by atoms with Crippen molar-refractivity contribution in [2.45, 2.75) is 56.7 Å². The van der Waals surface area contributed by atoms with Crippen LogP contribution in [0.25, 0.3) is 33.6 Å². The van der Waals surface area contributed by atoms with E-state index in [-0.39, 0.29) is 29.8 Å². The Morgan fingerprint density at radius 1 is 0.702 bits per heavy atom. The molecule has 4 aromatic carbocycles. The Kier molecular flexibility index (Phi) is 10.9. The van der Waals surface area contributed by atoms with Gasteiger partial charge in [0.2, 0.25) is 5.91 Å². The summed E-state index contributed by atoms with van der Waals surface area (Å²) < 4.78 is 4.83. The lowest BCUT2D eigenvalue weighted by Crippen LogP contribution is -2.42. The molecule has 4 heterocycles. The zero-order valence-corrected chi connectivity index (χ0v) is 32.6. The zero-order valence-electron chi connectivity index (χ0n) is 31.8. The molecule has 6 aromatic rings. The van der Waals surface area contributed by atoms with Crippen LogP contribution in [0.1, 0.15) is 79.4 Å². The van der Waals surface area contributed by atoms with E-state index >= 15 is 0 Å². The molecule has 3 amide bonds. The number of halogens is 1. The third kappa shape index (κ3) is 7.80. The molecule has 0 aliphatic carbocycles. The van der Waals surface area contributed by atoms with Crippen molar-refractivity contribution < 1.29 is 19.1 Å². The SMILES string of the molecule is COC(=O)N[C@@H](C(=O)N1CCC[C@H]1c1ncc(-c2ccc(-c3ccc(-c4cnc([C@@H]5CCCN5C(=O)[C@H](C)c5ccccc5Cl)[nH]4)cc3)cc2)[nH]1)c1ccccc1. The van der Waals surface area contributed by atoms with Gasteiger partial charge in [0.05, 0.1) is 48.9 Å². The van der Waals surface area contributed by atoms with E-state index in [0.29, 0.717) is 29.5 Å². The number of aromatic amines is 2. The molecule has 12 heteroatoms. The number of carbonyl (C=O) groups is 3. The van der Waals surface area contributed by atoms with Gasteiger partial charge in [0.15, 0.2) is 0 Å². The number of rotatable bonds is 10. The number of nitrogens with zero attached hydrogens (tertiary/aromatic N) is 4. The summed E-state index contributed by atoms with van der Waals surface area (Å²) in [4.78, 5) is 59.8. The highest BCUT2D eigenvalue weighted by molar-refractivity contribution is 6.31. The van der Waals surface area contributed by atoms with Gasteiger partial charge in [-0.05, 0) is 72.1 Å². The predicted molar refractivity (Wildman–Crippen MR) is 219 cm³/mol. The van der Waals surface area contributed by atoms with Crippen molar-refractivity contribution in [1.29, 1.82) is 0 Å². The molecule has 8 rings (SSSR count). The first kappa shape index (κ1) is 37.7. The van der Waals surface area contributed by atoms with Crippen molar-refractivity contribution in [3.8, 4) is 33.6 Å². The minimum atomic E-state index is -0.873. The van der Waals surface area contributed by atoms with Gasteiger partial charge in [0, 0.05) is 18.1 Å². The van der Waals surface area contributed by atoms with Crippen LogP contribution in [0, 0.1) is 0 Å². The Morgan fingerprint density at radius 3 is 1.72 bits per heavy atom. The van der Waals surface area contributed by atoms with Crippen LogP contribution in [-0.4, -0.2) is 67.8 Å². The van der Waals surface area contributed by atoms with Gasteiger partial charge in [-0.2, -0.15) is 0 Å². The molecule has 0 saturated carbocycles. The monoisotopic (exact) mass is 781 g/mol. The van der Waals surface area contributed by atoms with E-state index in [9.17, 15) is 14.4 Å². The standard InChI is InChI=1S/C45H44ClN7O4/c1-28(34-12-6-7-13-35(34)46)43(54)52-24-8-14-38(52)41-47-26-36(49-41)31-20-16-29(17-21-31)30-18-22-32(23-19-30)37-27-48-42(50-37)39-15-9-25-53(39)44(55)40(51-45(56)57-2)33-10-4-3-5-11-33/h3-7,10-13,16-23,26-28,38-40H,8-9,14-15,24-25H2,1-2H3,(H,47,49)(H,48,50)(H,51,56)/t28-,38+,39+,40-/m1/s1. The Morgan fingerprint density at radius 2 is 1.19 bits per heavy atom. The quantitative estimate of drug-likeness (QED) is 0.127. The van der Waals surface area contributed by atoms with Crippen molar-refractivity contribution in [3.05, 3.63) is 143 Å². The first-order valence-corrected chi connectivity index (χ1v) is 19.7. The maximum atomic E-state index is 13.9. The largest absolute Gasteiger partial charge is 0.453 e. The van der Waals surface area contributed by atoms with E-state index in [1.807, 2.05) is 72.6 Å². The first-order chi connectivity index (χ1) is 27.8. The smallest absolute Gasteiger partial charge is 0.407 e. The summed E-state index contributed by atoms with van der Waals surface area (Å²) >= 11 is 6.43. The Bertz CT molecular complexity index is 2360. The first-order valence-electron chi connectivity index (χ1n) is 19.3. The Hall–Kier alpha value is -6.20. The summed E-state index contributed by atoms with van der Waals surface area (Å²) in [5.74, 6) is 1.01. The number of H-pyrrole nitrogens is 2. The lowest BCUT2D eigenvalue weighted by Gasteiger charge is -2.28. The normalized spacial score (nSPS) is 17.7. The van der Waals surface area contributed by atoms with Crippen LogP contribution in [0.15, 0.2) is 116 Å². The van der Waals surface area contributed by atoms with E-state index in [0.717, 1.165) is 70.7 Å². The summed E-state index contributed by atoms with van der Waals surface area (Å²) in [6.45, 7) is 3.17. The average molecular weight is 782 g/mol. The number of benzene rings is 4. The number of ether oxygens (including phenoxy) is 1. The van der Waals surface area contributed by atoms with Crippen LogP contribution < -0.4 is 5.32 Å². The number of nitrogens with one attached hydrogen (secondary N) is 3. The second-order valence-corrected chi connectivity index (χ2v) is 15.0. The van der Waals surface area contributed by atoms with Crippen LogP contribution in [0.5, 0.6) is 0 Å². The van der Waals surface area contributed by atoms with Crippen molar-refractivity contribution in [3.63, 3.8) is 0 Å². The van der Waals surface area contributed by atoms with Crippen LogP contribution in [0.3, 0.4) is 0 Å². The van der Waals surface area contributed by atoms with Gasteiger partial charge in [0.25, 0.3) is 5.91 Å². The lowest BCUT2D eigenvalue weighted by molar-refractivity contribution is -0.135. The topological polar surface area (TPSA) is 136 Å². The molecule has 2 aliphatic rings. The maximum Gasteiger partial charge on any atom is 0.407 e. The number of hydrogen-bond donors (Lipinski definition) is 3. The third-order valence-electron chi connectivity index (χ3n) is 11.2. The highest BCUT2D eigenvalue weighted by atomic mass is 35.5. The summed E-state index contributed by atoms with van der Waals surface area (Å²) in [7, 11) is 1.28. The molecule has 2 aromatic heterocycles. The van der Waals surface area contributed by atoms with Crippen LogP contribution in [0.4, 0.5) is 4.79 Å². The summed E-state index contributed by atoms with van der Waals surface area (Å²) in [5, 5.41) is 3.32. The molecule has 0 bridgehead atoms. The number of methoxy groups -OCH3 is 1. The second kappa shape index (κ2) is 16.5. The van der Waals surface area contributed by atoms with Gasteiger partial charge in [0.1, 0.15) is 17.7 Å². The summed E-state index contributed by atoms with van der Waals surface area (Å²) in [6, 6.07) is 32.1. The number of imidazole rings is 2. The van der Waals surface area contributed by atoms with E-state index in [2.05, 4.69) is 63.8 Å². The predicted octanol–water partition coefficient (Wildman–Crippen LogP) is 9.02. The highest BCUT2D eigenvalue weighted by Crippen LogP contribution is 2.37. The molecule has 2 aliphatic heterocycles. The molecule has 4 atom stereocenters. The second-order valence-electron chi connectivity index (χ2n) is 14.6. The molecule has 2 fully saturated rings. The number of likely N-dealkylation sites (tertiary alicyclic amines) is 2. The van der Waals surface area contributed by atoms with E-state index in [4.69, 9.17) is 26.3 Å². The maximum absolute atomic E-state index is 13.9. The zero-order chi connectivity index (χ0) is 39.5. The average Bonchev–Trinajstić information content (AvgIpc) is 4.10. The molecule has 0 radical (unpaired) electrons. The number of aromatic nitrogens is 4. The van der Waals surface area contributed by atoms with Gasteiger partial charge in [-0.3, -0.25) is 9.59 Å². The van der Waals surface area contributed by atoms with Crippen molar-refractivity contribution in [2.24, 2.45) is 0 Å². The molecular formula is C45H44ClN7O4. The van der Waals surface area contributed by atoms with Crippen LogP contribution in [-0.2, 0) is 14.3 Å². The molecule has 57 heavy (non-hydrogen) atoms. The molecule has 2 saturated heterocycles. The van der Waals surface area contributed by atoms with Gasteiger partial charge >= 0.3 is 6.09 Å². The number of alkyl carbamates (subject to hydrolysis) is 1. The van der Waals surface area contributed by atoms with Gasteiger partial charge in [-0.1, -0.05) is 109 Å². The summed E-state index contributed by atoms with van der Waals surface area (Å²) in [6.07, 6.45) is 6.35. The van der Waals surface area contributed by atoms with E-state index in [1.54, 1.807) is 11.1 Å². The fourth-order valence-corrected chi connectivity index (χ4v) is 8.40. The fourth-order valence-electron chi connectivity index (χ4n) is 8.10. The van der Waals surface area contributed by atoms with Gasteiger partial charge in [-0.15, -0.1) is 0 Å². The fraction of sp³-hybridized carbons (Fsp3) is 0.267. The highest BCUT2D eigenvalue weighted by Gasteiger charge is 2.38. The molecule has 3 N–H and O–H groups in total. The molecule has 0 unspecified atom stereocenters. The van der Waals surface area contributed by atoms with Crippen LogP contribution >= 0.6 is 11.6 Å². The number of hydrogen-bond acceptors (Lipinski definition) is 6. The lowest BCUT2D eigenvalue weighted by atomic mass is 9.99. The van der Waals surface area contributed by atoms with Crippen molar-refractivity contribution in [2.75, 3.05) is 20.2 Å². The molecular weight excluding hydrogens is 738 g/mol. The molecule has 290 valence electrons. The number of amides is 3. The summed E-state index contributed by atoms with van der Waals surface area (Å²) in [5.41, 5.74) is 7.41. The van der Waals surface area contributed by atoms with Crippen LogP contribution in [0.2, 0.25) is 5.02 Å². The number of carbonyl (C=O) groups excluding carboxylic acids is 3. The molecule has 11 nitrogen and oxygen atoms in total. The minimum absolute atomic E-state index is 0.0582. The minimum Gasteiger partial charge on any atom is -0.453 e. The van der Waals surface area contributed by atoms with E-state index < -0.39 is 12.1 Å². The van der Waals surface area contributed by atoms with Gasteiger partial charge < -0.3 is 29.8 Å².